The number of halogens is 1. The zero-order valence-electron chi connectivity index (χ0n) is 7.53. The van der Waals surface area contributed by atoms with E-state index in [9.17, 15) is 4.79 Å². The number of rotatable bonds is 1. The zero-order valence-corrected chi connectivity index (χ0v) is 9.11. The summed E-state index contributed by atoms with van der Waals surface area (Å²) in [6, 6.07) is 8.88. The van der Waals surface area contributed by atoms with Gasteiger partial charge in [-0.05, 0) is 18.2 Å². The van der Waals surface area contributed by atoms with E-state index in [1.165, 1.54) is 17.9 Å². The molecule has 3 nitrogen and oxygen atoms in total. The van der Waals surface area contributed by atoms with Crippen molar-refractivity contribution >= 4 is 26.8 Å². The fourth-order valence-corrected chi connectivity index (χ4v) is 1.88. The van der Waals surface area contributed by atoms with Gasteiger partial charge < -0.3 is 4.84 Å². The van der Waals surface area contributed by atoms with Gasteiger partial charge in [0, 0.05) is 15.9 Å². The second-order valence-corrected chi connectivity index (χ2v) is 3.68. The van der Waals surface area contributed by atoms with Crippen LogP contribution >= 0.6 is 15.9 Å². The van der Waals surface area contributed by atoms with Crippen LogP contribution in [-0.2, 0) is 0 Å². The molecule has 1 aromatic heterocycles. The summed E-state index contributed by atoms with van der Waals surface area (Å²) >= 11 is 3.41. The number of hydrogen-bond acceptors (Lipinski definition) is 2. The lowest BCUT2D eigenvalue weighted by atomic mass is 10.2. The Kier molecular flexibility index (Phi) is 2.29. The molecule has 0 amide bonds. The quantitative estimate of drug-likeness (QED) is 0.777. The predicted molar refractivity (Wildman–Crippen MR) is 58.4 cm³/mol. The first-order chi connectivity index (χ1) is 6.74. The second-order valence-electron chi connectivity index (χ2n) is 2.82. The van der Waals surface area contributed by atoms with Crippen LogP contribution in [0.3, 0.4) is 0 Å². The SMILES string of the molecule is COn1c(=O)ccc2c(Br)cccc21. The molecule has 0 spiro atoms. The average Bonchev–Trinajstić information content (AvgIpc) is 2.18. The number of benzene rings is 1. The van der Waals surface area contributed by atoms with Crippen molar-refractivity contribution in [1.29, 1.82) is 0 Å². The third-order valence-corrected chi connectivity index (χ3v) is 2.72. The molecule has 72 valence electrons. The van der Waals surface area contributed by atoms with Gasteiger partial charge in [0.15, 0.2) is 0 Å². The van der Waals surface area contributed by atoms with Gasteiger partial charge in [0.25, 0.3) is 5.56 Å². The smallest absolute Gasteiger partial charge is 0.283 e. The molecule has 0 aliphatic heterocycles. The van der Waals surface area contributed by atoms with Crippen LogP contribution < -0.4 is 10.4 Å². The standard InChI is InChI=1S/C10H8BrNO2/c1-14-12-9-4-2-3-8(11)7(9)5-6-10(12)13/h2-6H,1H3. The summed E-state index contributed by atoms with van der Waals surface area (Å²) in [6.45, 7) is 0. The fraction of sp³-hybridized carbons (Fsp3) is 0.100. The first-order valence-electron chi connectivity index (χ1n) is 4.09. The monoisotopic (exact) mass is 253 g/mol. The van der Waals surface area contributed by atoms with Crippen molar-refractivity contribution < 1.29 is 4.84 Å². The number of hydrogen-bond donors (Lipinski definition) is 0. The molecule has 2 aromatic rings. The van der Waals surface area contributed by atoms with E-state index < -0.39 is 0 Å². The van der Waals surface area contributed by atoms with E-state index in [2.05, 4.69) is 15.9 Å². The average molecular weight is 254 g/mol. The molecule has 0 saturated heterocycles. The highest BCUT2D eigenvalue weighted by Gasteiger charge is 2.04. The molecule has 2 rings (SSSR count). The third kappa shape index (κ3) is 1.32. The van der Waals surface area contributed by atoms with Gasteiger partial charge in [-0.3, -0.25) is 4.79 Å². The minimum Gasteiger partial charge on any atom is -0.413 e. The molecule has 0 saturated carbocycles. The van der Waals surface area contributed by atoms with Gasteiger partial charge in [-0.1, -0.05) is 22.0 Å². The van der Waals surface area contributed by atoms with Crippen LogP contribution in [0.25, 0.3) is 10.9 Å². The summed E-state index contributed by atoms with van der Waals surface area (Å²) in [4.78, 5) is 16.4. The van der Waals surface area contributed by atoms with E-state index in [1.54, 1.807) is 6.07 Å². The van der Waals surface area contributed by atoms with E-state index in [1.807, 2.05) is 18.2 Å². The molecule has 0 aliphatic carbocycles. The molecule has 0 atom stereocenters. The minimum atomic E-state index is -0.168. The number of fused-ring (bicyclic) bond motifs is 1. The summed E-state index contributed by atoms with van der Waals surface area (Å²) in [5.74, 6) is 0. The van der Waals surface area contributed by atoms with Gasteiger partial charge in [-0.2, -0.15) is 0 Å². The van der Waals surface area contributed by atoms with Crippen molar-refractivity contribution in [2.75, 3.05) is 7.11 Å². The molecular weight excluding hydrogens is 246 g/mol. The number of aromatic nitrogens is 1. The predicted octanol–water partition coefficient (Wildman–Crippen LogP) is 1.82. The van der Waals surface area contributed by atoms with Crippen LogP contribution in [0.2, 0.25) is 0 Å². The zero-order chi connectivity index (χ0) is 10.1. The van der Waals surface area contributed by atoms with Crippen molar-refractivity contribution in [3.63, 3.8) is 0 Å². The van der Waals surface area contributed by atoms with Gasteiger partial charge in [0.1, 0.15) is 7.11 Å². The Morgan fingerprint density at radius 1 is 1.29 bits per heavy atom. The van der Waals surface area contributed by atoms with Crippen molar-refractivity contribution in [1.82, 2.24) is 4.73 Å². The van der Waals surface area contributed by atoms with Crippen molar-refractivity contribution in [2.45, 2.75) is 0 Å². The Hall–Kier alpha value is -1.29. The summed E-state index contributed by atoms with van der Waals surface area (Å²) < 4.78 is 2.21. The van der Waals surface area contributed by atoms with E-state index in [4.69, 9.17) is 4.84 Å². The Morgan fingerprint density at radius 3 is 2.79 bits per heavy atom. The molecule has 1 aromatic carbocycles. The van der Waals surface area contributed by atoms with E-state index in [-0.39, 0.29) is 5.56 Å². The minimum absolute atomic E-state index is 0.168. The molecule has 0 aliphatic rings. The van der Waals surface area contributed by atoms with Crippen molar-refractivity contribution in [3.8, 4) is 0 Å². The Labute approximate surface area is 89.0 Å². The maximum Gasteiger partial charge on any atom is 0.283 e. The van der Waals surface area contributed by atoms with Gasteiger partial charge in [0.05, 0.1) is 5.52 Å². The van der Waals surface area contributed by atoms with Crippen molar-refractivity contribution in [2.24, 2.45) is 0 Å². The Bertz CT molecular complexity index is 533. The normalized spacial score (nSPS) is 10.4. The van der Waals surface area contributed by atoms with Gasteiger partial charge in [-0.15, -0.1) is 4.73 Å². The summed E-state index contributed by atoms with van der Waals surface area (Å²) in [7, 11) is 1.47. The molecule has 1 heterocycles. The van der Waals surface area contributed by atoms with Crippen LogP contribution in [0.4, 0.5) is 0 Å². The van der Waals surface area contributed by atoms with Crippen molar-refractivity contribution in [3.05, 3.63) is 45.2 Å². The highest BCUT2D eigenvalue weighted by molar-refractivity contribution is 9.10. The maximum atomic E-state index is 11.4. The maximum absolute atomic E-state index is 11.4. The molecule has 0 bridgehead atoms. The molecule has 0 N–H and O–H groups in total. The summed E-state index contributed by atoms with van der Waals surface area (Å²) in [5, 5.41) is 0.953. The van der Waals surface area contributed by atoms with E-state index in [0.29, 0.717) is 0 Å². The summed E-state index contributed by atoms with van der Waals surface area (Å²) in [5.41, 5.74) is 0.590. The topological polar surface area (TPSA) is 31.2 Å². The molecule has 0 radical (unpaired) electrons. The first-order valence-corrected chi connectivity index (χ1v) is 4.88. The Morgan fingerprint density at radius 2 is 2.07 bits per heavy atom. The molecule has 0 fully saturated rings. The van der Waals surface area contributed by atoms with Crippen LogP contribution in [0, 0.1) is 0 Å². The van der Waals surface area contributed by atoms with Crippen LogP contribution in [0.1, 0.15) is 0 Å². The van der Waals surface area contributed by atoms with E-state index >= 15 is 0 Å². The largest absolute Gasteiger partial charge is 0.413 e. The lowest BCUT2D eigenvalue weighted by Gasteiger charge is -2.07. The van der Waals surface area contributed by atoms with Gasteiger partial charge in [0.2, 0.25) is 0 Å². The lowest BCUT2D eigenvalue weighted by molar-refractivity contribution is 0.169. The van der Waals surface area contributed by atoms with E-state index in [0.717, 1.165) is 15.4 Å². The number of pyridine rings is 1. The molecule has 4 heteroatoms. The summed E-state index contributed by atoms with van der Waals surface area (Å²) in [6.07, 6.45) is 0. The highest BCUT2D eigenvalue weighted by atomic mass is 79.9. The highest BCUT2D eigenvalue weighted by Crippen LogP contribution is 2.21. The Balaban J connectivity index is 2.95. The number of nitrogens with zero attached hydrogens (tertiary/aromatic N) is 1. The fourth-order valence-electron chi connectivity index (χ4n) is 1.40. The van der Waals surface area contributed by atoms with Crippen LogP contribution in [0.15, 0.2) is 39.6 Å². The third-order valence-electron chi connectivity index (χ3n) is 2.02. The van der Waals surface area contributed by atoms with Crippen LogP contribution in [0.5, 0.6) is 0 Å². The molecule has 14 heavy (non-hydrogen) atoms. The van der Waals surface area contributed by atoms with Gasteiger partial charge in [-0.25, -0.2) is 0 Å². The molecule has 0 unspecified atom stereocenters. The lowest BCUT2D eigenvalue weighted by Crippen LogP contribution is -2.23. The van der Waals surface area contributed by atoms with Gasteiger partial charge >= 0.3 is 0 Å². The van der Waals surface area contributed by atoms with Crippen LogP contribution in [-0.4, -0.2) is 11.8 Å². The molecular formula is C10H8BrNO2. The second kappa shape index (κ2) is 3.46. The first kappa shape index (κ1) is 9.27.